The molecule has 0 bridgehead atoms. The molecule has 0 spiro atoms. The monoisotopic (exact) mass is 160 g/mol. The Morgan fingerprint density at radius 1 is 1.60 bits per heavy atom. The molecule has 0 aliphatic rings. The predicted molar refractivity (Wildman–Crippen MR) is 44.4 cm³/mol. The summed E-state index contributed by atoms with van der Waals surface area (Å²) in [6, 6.07) is 0. The maximum absolute atomic E-state index is 4.10. The quantitative estimate of drug-likeness (QED) is 0.705. The molecule has 1 rings (SSSR count). The predicted octanol–water partition coefficient (Wildman–Crippen LogP) is 2.03. The van der Waals surface area contributed by atoms with Crippen LogP contribution in [-0.2, 0) is 6.42 Å². The van der Waals surface area contributed by atoms with Crippen molar-refractivity contribution in [2.24, 2.45) is 5.92 Å². The highest BCUT2D eigenvalue weighted by atomic mass is 35.5. The molecule has 0 saturated heterocycles. The summed E-state index contributed by atoms with van der Waals surface area (Å²) in [4.78, 5) is 7.16. The van der Waals surface area contributed by atoms with Gasteiger partial charge in [-0.15, -0.1) is 12.4 Å². The average Bonchev–Trinajstić information content (AvgIpc) is 2.15. The van der Waals surface area contributed by atoms with Crippen LogP contribution in [0.25, 0.3) is 0 Å². The van der Waals surface area contributed by atoms with Crippen LogP contribution in [0, 0.1) is 5.92 Å². The van der Waals surface area contributed by atoms with Gasteiger partial charge in [-0.25, -0.2) is 4.98 Å². The van der Waals surface area contributed by atoms with Gasteiger partial charge in [-0.3, -0.25) is 0 Å². The van der Waals surface area contributed by atoms with Crippen molar-refractivity contribution in [3.05, 3.63) is 18.2 Å². The molecule has 0 fully saturated rings. The number of hydrogen-bond donors (Lipinski definition) is 1. The van der Waals surface area contributed by atoms with E-state index in [4.69, 9.17) is 0 Å². The summed E-state index contributed by atoms with van der Waals surface area (Å²) in [6.45, 7) is 4.37. The van der Waals surface area contributed by atoms with Crippen molar-refractivity contribution < 1.29 is 0 Å². The molecule has 1 heterocycles. The average molecular weight is 161 g/mol. The van der Waals surface area contributed by atoms with Crippen LogP contribution in [0.1, 0.15) is 19.7 Å². The number of halogens is 1. The Kier molecular flexibility index (Phi) is 4.12. The van der Waals surface area contributed by atoms with E-state index in [2.05, 4.69) is 23.8 Å². The molecule has 1 aromatic rings. The van der Waals surface area contributed by atoms with E-state index in [1.54, 1.807) is 6.20 Å². The lowest BCUT2D eigenvalue weighted by molar-refractivity contribution is 0.626. The highest BCUT2D eigenvalue weighted by Gasteiger charge is 1.96. The van der Waals surface area contributed by atoms with E-state index in [0.29, 0.717) is 5.92 Å². The first kappa shape index (κ1) is 9.50. The van der Waals surface area contributed by atoms with E-state index in [9.17, 15) is 0 Å². The van der Waals surface area contributed by atoms with Crippen molar-refractivity contribution in [2.45, 2.75) is 20.3 Å². The van der Waals surface area contributed by atoms with Crippen LogP contribution in [0.5, 0.6) is 0 Å². The second-order valence-electron chi connectivity index (χ2n) is 2.63. The van der Waals surface area contributed by atoms with E-state index in [-0.39, 0.29) is 12.4 Å². The van der Waals surface area contributed by atoms with Gasteiger partial charge < -0.3 is 4.98 Å². The van der Waals surface area contributed by atoms with E-state index in [1.165, 1.54) is 0 Å². The van der Waals surface area contributed by atoms with E-state index in [0.717, 1.165) is 12.2 Å². The number of nitrogens with zero attached hydrogens (tertiary/aromatic N) is 1. The molecule has 10 heavy (non-hydrogen) atoms. The Balaban J connectivity index is 0.000000810. The summed E-state index contributed by atoms with van der Waals surface area (Å²) in [5, 5.41) is 0. The summed E-state index contributed by atoms with van der Waals surface area (Å²) in [5.74, 6) is 1.78. The number of rotatable bonds is 2. The van der Waals surface area contributed by atoms with Gasteiger partial charge in [-0.1, -0.05) is 13.8 Å². The number of nitrogens with one attached hydrogen (secondary N) is 1. The first-order valence-electron chi connectivity index (χ1n) is 3.27. The van der Waals surface area contributed by atoms with Gasteiger partial charge in [-0.2, -0.15) is 0 Å². The molecule has 0 aromatic carbocycles. The molecule has 0 amide bonds. The highest BCUT2D eigenvalue weighted by molar-refractivity contribution is 5.85. The standard InChI is InChI=1S/C7H12N2.ClH/c1-6(2)5-7-8-3-4-9-7;/h3-4,6H,5H2,1-2H3,(H,8,9);1H. The largest absolute Gasteiger partial charge is 0.349 e. The Morgan fingerprint density at radius 2 is 2.30 bits per heavy atom. The zero-order valence-corrected chi connectivity index (χ0v) is 7.11. The second-order valence-corrected chi connectivity index (χ2v) is 2.63. The van der Waals surface area contributed by atoms with Crippen molar-refractivity contribution in [3.63, 3.8) is 0 Å². The van der Waals surface area contributed by atoms with Crippen molar-refractivity contribution in [2.75, 3.05) is 0 Å². The molecule has 0 radical (unpaired) electrons. The van der Waals surface area contributed by atoms with Crippen LogP contribution >= 0.6 is 12.4 Å². The fourth-order valence-corrected chi connectivity index (χ4v) is 0.796. The van der Waals surface area contributed by atoms with Crippen molar-refractivity contribution in [3.8, 4) is 0 Å². The molecule has 0 atom stereocenters. The van der Waals surface area contributed by atoms with E-state index >= 15 is 0 Å². The van der Waals surface area contributed by atoms with Gasteiger partial charge in [0.05, 0.1) is 0 Å². The summed E-state index contributed by atoms with van der Waals surface area (Å²) in [6.07, 6.45) is 4.70. The first-order valence-corrected chi connectivity index (χ1v) is 3.27. The molecular formula is C7H13ClN2. The van der Waals surface area contributed by atoms with Gasteiger partial charge in [0.1, 0.15) is 5.82 Å². The van der Waals surface area contributed by atoms with E-state index in [1.807, 2.05) is 6.20 Å². The van der Waals surface area contributed by atoms with Gasteiger partial charge in [-0.05, 0) is 5.92 Å². The number of H-pyrrole nitrogens is 1. The molecule has 1 aromatic heterocycles. The van der Waals surface area contributed by atoms with Gasteiger partial charge in [0, 0.05) is 18.8 Å². The highest BCUT2D eigenvalue weighted by Crippen LogP contribution is 2.00. The second kappa shape index (κ2) is 4.34. The Hall–Kier alpha value is -0.500. The molecular weight excluding hydrogens is 148 g/mol. The minimum atomic E-state index is 0. The van der Waals surface area contributed by atoms with Crippen molar-refractivity contribution >= 4 is 12.4 Å². The van der Waals surface area contributed by atoms with Gasteiger partial charge in [0.2, 0.25) is 0 Å². The summed E-state index contributed by atoms with van der Waals surface area (Å²) < 4.78 is 0. The first-order chi connectivity index (χ1) is 4.29. The smallest absolute Gasteiger partial charge is 0.106 e. The Bertz CT molecular complexity index is 158. The molecule has 0 aliphatic heterocycles. The third-order valence-electron chi connectivity index (χ3n) is 1.16. The molecule has 0 saturated carbocycles. The number of hydrogen-bond acceptors (Lipinski definition) is 1. The lowest BCUT2D eigenvalue weighted by Crippen LogP contribution is -1.95. The summed E-state index contributed by atoms with van der Waals surface area (Å²) in [7, 11) is 0. The number of imidazole rings is 1. The van der Waals surface area contributed by atoms with Crippen molar-refractivity contribution in [1.82, 2.24) is 9.97 Å². The molecule has 3 heteroatoms. The minimum absolute atomic E-state index is 0. The molecule has 0 aliphatic carbocycles. The SMILES string of the molecule is CC(C)Cc1ncc[nH]1.Cl. The summed E-state index contributed by atoms with van der Waals surface area (Å²) >= 11 is 0. The normalized spacial score (nSPS) is 9.50. The Morgan fingerprint density at radius 3 is 2.70 bits per heavy atom. The Labute approximate surface area is 67.5 Å². The van der Waals surface area contributed by atoms with Gasteiger partial charge in [0.25, 0.3) is 0 Å². The zero-order chi connectivity index (χ0) is 6.69. The maximum Gasteiger partial charge on any atom is 0.106 e. The van der Waals surface area contributed by atoms with Crippen molar-refractivity contribution in [1.29, 1.82) is 0 Å². The van der Waals surface area contributed by atoms with Crippen LogP contribution in [-0.4, -0.2) is 9.97 Å². The number of aromatic nitrogens is 2. The van der Waals surface area contributed by atoms with Crippen LogP contribution in [0.3, 0.4) is 0 Å². The maximum atomic E-state index is 4.10. The topological polar surface area (TPSA) is 28.7 Å². The lowest BCUT2D eigenvalue weighted by Gasteiger charge is -1.98. The molecule has 1 N–H and O–H groups in total. The molecule has 58 valence electrons. The fraction of sp³-hybridized carbons (Fsp3) is 0.571. The summed E-state index contributed by atoms with van der Waals surface area (Å²) in [5.41, 5.74) is 0. The lowest BCUT2D eigenvalue weighted by atomic mass is 10.1. The zero-order valence-electron chi connectivity index (χ0n) is 6.29. The number of aromatic amines is 1. The third-order valence-corrected chi connectivity index (χ3v) is 1.16. The van der Waals surface area contributed by atoms with Crippen LogP contribution < -0.4 is 0 Å². The van der Waals surface area contributed by atoms with Gasteiger partial charge >= 0.3 is 0 Å². The third kappa shape index (κ3) is 2.87. The van der Waals surface area contributed by atoms with E-state index < -0.39 is 0 Å². The van der Waals surface area contributed by atoms with Gasteiger partial charge in [0.15, 0.2) is 0 Å². The van der Waals surface area contributed by atoms with Crippen LogP contribution in [0.4, 0.5) is 0 Å². The molecule has 0 unspecified atom stereocenters. The fourth-order valence-electron chi connectivity index (χ4n) is 0.796. The molecule has 2 nitrogen and oxygen atoms in total. The minimum Gasteiger partial charge on any atom is -0.349 e. The van der Waals surface area contributed by atoms with Crippen LogP contribution in [0.15, 0.2) is 12.4 Å². The van der Waals surface area contributed by atoms with Crippen LogP contribution in [0.2, 0.25) is 0 Å².